The Morgan fingerprint density at radius 2 is 2.11 bits per heavy atom. The van der Waals surface area contributed by atoms with Gasteiger partial charge in [0.1, 0.15) is 5.78 Å². The van der Waals surface area contributed by atoms with Gasteiger partial charge in [-0.15, -0.1) is 0 Å². The molecule has 18 heavy (non-hydrogen) atoms. The fourth-order valence-electron chi connectivity index (χ4n) is 5.01. The molecule has 4 unspecified atom stereocenters. The van der Waals surface area contributed by atoms with Crippen molar-refractivity contribution >= 4 is 11.8 Å². The van der Waals surface area contributed by atoms with Gasteiger partial charge in [-0.25, -0.2) is 4.79 Å². The van der Waals surface area contributed by atoms with E-state index in [4.69, 9.17) is 0 Å². The molecule has 0 radical (unpaired) electrons. The van der Waals surface area contributed by atoms with Crippen LogP contribution in [0.25, 0.3) is 0 Å². The third-order valence-corrected chi connectivity index (χ3v) is 5.59. The second kappa shape index (κ2) is 3.25. The van der Waals surface area contributed by atoms with Gasteiger partial charge in [0.05, 0.1) is 0 Å². The lowest BCUT2D eigenvalue weighted by atomic mass is 9.67. The van der Waals surface area contributed by atoms with E-state index < -0.39 is 5.97 Å². The SMILES string of the molecule is CC1C(=O)CC2C(C(=O)O)=CC3CC(C)(C)CC312. The molecule has 0 aliphatic heterocycles. The van der Waals surface area contributed by atoms with Gasteiger partial charge in [0.2, 0.25) is 0 Å². The van der Waals surface area contributed by atoms with E-state index in [0.29, 0.717) is 12.0 Å². The van der Waals surface area contributed by atoms with E-state index in [0.717, 1.165) is 12.8 Å². The number of carboxylic acid groups (broad SMARTS) is 1. The van der Waals surface area contributed by atoms with Crippen LogP contribution in [-0.2, 0) is 9.59 Å². The van der Waals surface area contributed by atoms with Gasteiger partial charge in [0, 0.05) is 23.8 Å². The second-order valence-corrected chi connectivity index (χ2v) is 7.14. The van der Waals surface area contributed by atoms with Crippen molar-refractivity contribution in [3.05, 3.63) is 11.6 Å². The molecule has 3 rings (SSSR count). The molecular weight excluding hydrogens is 228 g/mol. The van der Waals surface area contributed by atoms with Gasteiger partial charge in [-0.05, 0) is 29.6 Å². The summed E-state index contributed by atoms with van der Waals surface area (Å²) >= 11 is 0. The van der Waals surface area contributed by atoms with Crippen molar-refractivity contribution < 1.29 is 14.7 Å². The van der Waals surface area contributed by atoms with Crippen LogP contribution < -0.4 is 0 Å². The Morgan fingerprint density at radius 3 is 2.72 bits per heavy atom. The van der Waals surface area contributed by atoms with E-state index >= 15 is 0 Å². The van der Waals surface area contributed by atoms with E-state index in [-0.39, 0.29) is 34.4 Å². The Bertz CT molecular complexity index is 474. The van der Waals surface area contributed by atoms with Gasteiger partial charge in [0.25, 0.3) is 0 Å². The Kier molecular flexibility index (Phi) is 2.16. The van der Waals surface area contributed by atoms with Crippen molar-refractivity contribution in [3.63, 3.8) is 0 Å². The number of aliphatic carboxylic acids is 1. The molecule has 0 aromatic carbocycles. The van der Waals surface area contributed by atoms with Gasteiger partial charge >= 0.3 is 5.97 Å². The van der Waals surface area contributed by atoms with Crippen LogP contribution in [0.5, 0.6) is 0 Å². The Hall–Kier alpha value is -1.12. The summed E-state index contributed by atoms with van der Waals surface area (Å²) in [5, 5.41) is 9.34. The number of allylic oxidation sites excluding steroid dienone is 1. The van der Waals surface area contributed by atoms with Crippen molar-refractivity contribution in [2.24, 2.45) is 28.6 Å². The summed E-state index contributed by atoms with van der Waals surface area (Å²) in [7, 11) is 0. The summed E-state index contributed by atoms with van der Waals surface area (Å²) in [5.74, 6) is -0.306. The van der Waals surface area contributed by atoms with Crippen LogP contribution in [0.15, 0.2) is 11.6 Å². The maximum atomic E-state index is 12.1. The minimum atomic E-state index is -0.825. The van der Waals surface area contributed by atoms with Crippen LogP contribution in [0.1, 0.15) is 40.0 Å². The Labute approximate surface area is 107 Å². The first-order valence-corrected chi connectivity index (χ1v) is 6.76. The molecule has 3 aliphatic rings. The third-order valence-electron chi connectivity index (χ3n) is 5.59. The molecule has 98 valence electrons. The molecule has 0 aromatic rings. The maximum Gasteiger partial charge on any atom is 0.331 e. The first-order chi connectivity index (χ1) is 8.28. The lowest BCUT2D eigenvalue weighted by molar-refractivity contribution is -0.133. The van der Waals surface area contributed by atoms with Crippen molar-refractivity contribution in [1.82, 2.24) is 0 Å². The van der Waals surface area contributed by atoms with Crippen LogP contribution in [0, 0.1) is 28.6 Å². The van der Waals surface area contributed by atoms with E-state index in [1.807, 2.05) is 13.0 Å². The average molecular weight is 248 g/mol. The summed E-state index contributed by atoms with van der Waals surface area (Å²) in [6.45, 7) is 6.48. The number of ketones is 1. The quantitative estimate of drug-likeness (QED) is 0.776. The highest BCUT2D eigenvalue weighted by molar-refractivity contribution is 5.93. The molecule has 0 aromatic heterocycles. The van der Waals surface area contributed by atoms with E-state index in [1.165, 1.54) is 0 Å². The minimum absolute atomic E-state index is 0.0161. The second-order valence-electron chi connectivity index (χ2n) is 7.14. The normalized spacial score (nSPS) is 44.7. The van der Waals surface area contributed by atoms with Crippen molar-refractivity contribution in [2.45, 2.75) is 40.0 Å². The van der Waals surface area contributed by atoms with Crippen LogP contribution in [0.3, 0.4) is 0 Å². The van der Waals surface area contributed by atoms with Crippen molar-refractivity contribution in [3.8, 4) is 0 Å². The maximum absolute atomic E-state index is 12.1. The standard InChI is InChI=1S/C15H20O3/c1-8-12(16)5-11-10(13(17)18)4-9-6-14(2,3)7-15(8,9)11/h4,8-9,11H,5-7H2,1-3H3,(H,17,18). The number of rotatable bonds is 1. The zero-order valence-electron chi connectivity index (χ0n) is 11.2. The monoisotopic (exact) mass is 248 g/mol. The largest absolute Gasteiger partial charge is 0.478 e. The van der Waals surface area contributed by atoms with Gasteiger partial charge < -0.3 is 5.11 Å². The number of Topliss-reactive ketones (excluding diaryl/α,β-unsaturated/α-hetero) is 1. The number of hydrogen-bond acceptors (Lipinski definition) is 2. The molecule has 0 amide bonds. The number of carbonyl (C=O) groups is 2. The molecule has 0 heterocycles. The highest BCUT2D eigenvalue weighted by Gasteiger charge is 2.66. The molecule has 2 saturated carbocycles. The molecule has 1 N–H and O–H groups in total. The van der Waals surface area contributed by atoms with E-state index in [9.17, 15) is 14.7 Å². The smallest absolute Gasteiger partial charge is 0.331 e. The summed E-state index contributed by atoms with van der Waals surface area (Å²) in [6.07, 6.45) is 4.39. The summed E-state index contributed by atoms with van der Waals surface area (Å²) in [5.41, 5.74) is 0.643. The molecule has 0 saturated heterocycles. The summed E-state index contributed by atoms with van der Waals surface area (Å²) < 4.78 is 0. The molecular formula is C15H20O3. The zero-order chi connectivity index (χ0) is 13.3. The van der Waals surface area contributed by atoms with Crippen LogP contribution in [0.2, 0.25) is 0 Å². The minimum Gasteiger partial charge on any atom is -0.478 e. The first kappa shape index (κ1) is 11.9. The van der Waals surface area contributed by atoms with Crippen LogP contribution in [0.4, 0.5) is 0 Å². The molecule has 2 fully saturated rings. The number of carbonyl (C=O) groups excluding carboxylic acids is 1. The number of carboxylic acids is 1. The average Bonchev–Trinajstić information content (AvgIpc) is 2.74. The molecule has 3 aliphatic carbocycles. The van der Waals surface area contributed by atoms with E-state index in [2.05, 4.69) is 13.8 Å². The van der Waals surface area contributed by atoms with Gasteiger partial charge in [-0.1, -0.05) is 26.8 Å². The van der Waals surface area contributed by atoms with Crippen LogP contribution in [-0.4, -0.2) is 16.9 Å². The topological polar surface area (TPSA) is 54.4 Å². The predicted molar refractivity (Wildman–Crippen MR) is 66.9 cm³/mol. The number of hydrogen-bond donors (Lipinski definition) is 1. The lowest BCUT2D eigenvalue weighted by Gasteiger charge is -2.35. The Balaban J connectivity index is 2.10. The summed E-state index contributed by atoms with van der Waals surface area (Å²) in [4.78, 5) is 23.5. The molecule has 3 heteroatoms. The highest BCUT2D eigenvalue weighted by Crippen LogP contribution is 2.69. The third kappa shape index (κ3) is 1.25. The summed E-state index contributed by atoms with van der Waals surface area (Å²) in [6, 6.07) is 0. The fourth-order valence-corrected chi connectivity index (χ4v) is 5.01. The van der Waals surface area contributed by atoms with Crippen molar-refractivity contribution in [1.29, 1.82) is 0 Å². The molecule has 1 spiro atoms. The van der Waals surface area contributed by atoms with Crippen molar-refractivity contribution in [2.75, 3.05) is 0 Å². The van der Waals surface area contributed by atoms with Crippen LogP contribution >= 0.6 is 0 Å². The van der Waals surface area contributed by atoms with Gasteiger partial charge in [-0.3, -0.25) is 4.79 Å². The van der Waals surface area contributed by atoms with Gasteiger partial charge in [0.15, 0.2) is 0 Å². The molecule has 0 bridgehead atoms. The highest BCUT2D eigenvalue weighted by atomic mass is 16.4. The zero-order valence-corrected chi connectivity index (χ0v) is 11.2. The van der Waals surface area contributed by atoms with E-state index in [1.54, 1.807) is 0 Å². The molecule has 3 nitrogen and oxygen atoms in total. The Morgan fingerprint density at radius 1 is 1.44 bits per heavy atom. The predicted octanol–water partition coefficient (Wildman–Crippen LogP) is 2.66. The molecule has 4 atom stereocenters. The fraction of sp³-hybridized carbons (Fsp3) is 0.733. The lowest BCUT2D eigenvalue weighted by Crippen LogP contribution is -2.33. The first-order valence-electron chi connectivity index (χ1n) is 6.76. The van der Waals surface area contributed by atoms with Gasteiger partial charge in [-0.2, -0.15) is 0 Å².